The highest BCUT2D eigenvalue weighted by Gasteiger charge is 2.57. The van der Waals surface area contributed by atoms with Gasteiger partial charge in [-0.2, -0.15) is 0 Å². The third-order valence-corrected chi connectivity index (χ3v) is 4.03. The van der Waals surface area contributed by atoms with Gasteiger partial charge >= 0.3 is 5.97 Å². The zero-order valence-electron chi connectivity index (χ0n) is 10.4. The predicted octanol–water partition coefficient (Wildman–Crippen LogP) is 0.906. The highest BCUT2D eigenvalue weighted by Crippen LogP contribution is 2.44. The molecule has 2 rings (SSSR count). The summed E-state index contributed by atoms with van der Waals surface area (Å²) in [6, 6.07) is 0.266. The number of rotatable bonds is 4. The molecule has 4 nitrogen and oxygen atoms in total. The second-order valence-electron chi connectivity index (χ2n) is 5.24. The molecule has 0 N–H and O–H groups in total. The molecule has 0 bridgehead atoms. The molecule has 16 heavy (non-hydrogen) atoms. The van der Waals surface area contributed by atoms with Crippen molar-refractivity contribution in [2.45, 2.75) is 25.3 Å². The molecule has 0 radical (unpaired) electrons. The van der Waals surface area contributed by atoms with Gasteiger partial charge in [0, 0.05) is 6.04 Å². The summed E-state index contributed by atoms with van der Waals surface area (Å²) in [5.41, 5.74) is -0.413. The third kappa shape index (κ3) is 1.64. The van der Waals surface area contributed by atoms with Gasteiger partial charge in [-0.25, -0.2) is 0 Å². The first-order valence-corrected chi connectivity index (χ1v) is 5.94. The van der Waals surface area contributed by atoms with Gasteiger partial charge in [-0.3, -0.25) is 4.79 Å². The number of carbonyl (C=O) groups excluding carboxylic acids is 1. The van der Waals surface area contributed by atoms with Crippen LogP contribution in [0.2, 0.25) is 0 Å². The van der Waals surface area contributed by atoms with Crippen LogP contribution in [0.15, 0.2) is 0 Å². The van der Waals surface area contributed by atoms with Crippen molar-refractivity contribution >= 4 is 5.97 Å². The molecule has 0 aromatic carbocycles. The lowest BCUT2D eigenvalue weighted by Crippen LogP contribution is -2.64. The Bertz CT molecular complexity index is 269. The molecule has 0 aromatic rings. The molecule has 92 valence electrons. The first-order valence-electron chi connectivity index (χ1n) is 5.94. The van der Waals surface area contributed by atoms with Crippen molar-refractivity contribution in [3.8, 4) is 0 Å². The Morgan fingerprint density at radius 2 is 2.06 bits per heavy atom. The summed E-state index contributed by atoms with van der Waals surface area (Å²) >= 11 is 0. The minimum atomic E-state index is -0.413. The largest absolute Gasteiger partial charge is 0.468 e. The van der Waals surface area contributed by atoms with E-state index in [-0.39, 0.29) is 12.0 Å². The number of carbonyl (C=O) groups is 1. The molecular weight excluding hydrogens is 206 g/mol. The standard InChI is InChI=1S/C12H21NO3/c1-13(2)10(9-5-4-6-9)12(7-16-8-12)11(14)15-3/h9-10H,4-8H2,1-3H3. The van der Waals surface area contributed by atoms with E-state index in [0.717, 1.165) is 0 Å². The topological polar surface area (TPSA) is 38.8 Å². The number of hydrogen-bond donors (Lipinski definition) is 0. The van der Waals surface area contributed by atoms with Gasteiger partial charge in [0.05, 0.1) is 20.3 Å². The maximum absolute atomic E-state index is 12.0. The Kier molecular flexibility index (Phi) is 3.22. The van der Waals surface area contributed by atoms with E-state index in [4.69, 9.17) is 9.47 Å². The fourth-order valence-corrected chi connectivity index (χ4v) is 3.06. The zero-order valence-corrected chi connectivity index (χ0v) is 10.4. The normalized spacial score (nSPS) is 25.8. The van der Waals surface area contributed by atoms with Gasteiger partial charge in [0.25, 0.3) is 0 Å². The van der Waals surface area contributed by atoms with E-state index in [0.29, 0.717) is 19.1 Å². The van der Waals surface area contributed by atoms with Gasteiger partial charge in [-0.05, 0) is 32.9 Å². The van der Waals surface area contributed by atoms with Crippen LogP contribution in [0, 0.1) is 11.3 Å². The highest BCUT2D eigenvalue weighted by molar-refractivity contribution is 5.79. The van der Waals surface area contributed by atoms with E-state index in [1.807, 2.05) is 14.1 Å². The summed E-state index contributed by atoms with van der Waals surface area (Å²) in [6.07, 6.45) is 3.73. The van der Waals surface area contributed by atoms with Crippen LogP contribution in [-0.4, -0.2) is 51.3 Å². The smallest absolute Gasteiger partial charge is 0.318 e. The fraction of sp³-hybridized carbons (Fsp3) is 0.917. The predicted molar refractivity (Wildman–Crippen MR) is 60.1 cm³/mol. The van der Waals surface area contributed by atoms with Crippen LogP contribution >= 0.6 is 0 Å². The highest BCUT2D eigenvalue weighted by atomic mass is 16.5. The number of ether oxygens (including phenoxy) is 2. The summed E-state index contributed by atoms with van der Waals surface area (Å²) in [6.45, 7) is 1.03. The van der Waals surface area contributed by atoms with Gasteiger partial charge in [-0.1, -0.05) is 6.42 Å². The van der Waals surface area contributed by atoms with Crippen LogP contribution in [0.5, 0.6) is 0 Å². The average Bonchev–Trinajstić information content (AvgIpc) is 2.11. The van der Waals surface area contributed by atoms with E-state index in [1.165, 1.54) is 26.4 Å². The van der Waals surface area contributed by atoms with Crippen molar-refractivity contribution in [3.63, 3.8) is 0 Å². The number of esters is 1. The fourth-order valence-electron chi connectivity index (χ4n) is 3.06. The Hall–Kier alpha value is -0.610. The third-order valence-electron chi connectivity index (χ3n) is 4.03. The molecule has 1 atom stereocenters. The maximum atomic E-state index is 12.0. The minimum Gasteiger partial charge on any atom is -0.468 e. The Labute approximate surface area is 96.9 Å². The second-order valence-corrected chi connectivity index (χ2v) is 5.24. The summed E-state index contributed by atoms with van der Waals surface area (Å²) in [5, 5.41) is 0. The van der Waals surface area contributed by atoms with Crippen LogP contribution in [0.3, 0.4) is 0 Å². The van der Waals surface area contributed by atoms with Gasteiger partial charge in [0.15, 0.2) is 0 Å². The number of nitrogens with zero attached hydrogens (tertiary/aromatic N) is 1. The molecule has 0 spiro atoms. The maximum Gasteiger partial charge on any atom is 0.318 e. The van der Waals surface area contributed by atoms with E-state index >= 15 is 0 Å². The number of hydrogen-bond acceptors (Lipinski definition) is 4. The SMILES string of the molecule is COC(=O)C1(C(C2CCC2)N(C)C)COC1. The molecule has 4 heteroatoms. The first kappa shape index (κ1) is 11.9. The van der Waals surface area contributed by atoms with E-state index in [9.17, 15) is 4.79 Å². The van der Waals surface area contributed by atoms with Gasteiger partial charge < -0.3 is 14.4 Å². The molecule has 1 unspecified atom stereocenters. The van der Waals surface area contributed by atoms with Crippen molar-refractivity contribution in [1.29, 1.82) is 0 Å². The molecule has 1 aliphatic heterocycles. The van der Waals surface area contributed by atoms with Crippen LogP contribution in [-0.2, 0) is 14.3 Å². The average molecular weight is 227 g/mol. The quantitative estimate of drug-likeness (QED) is 0.669. The molecule has 0 amide bonds. The Morgan fingerprint density at radius 1 is 1.44 bits per heavy atom. The summed E-state index contributed by atoms with van der Waals surface area (Å²) < 4.78 is 10.2. The molecule has 1 saturated heterocycles. The van der Waals surface area contributed by atoms with Gasteiger partial charge in [0.2, 0.25) is 0 Å². The minimum absolute atomic E-state index is 0.107. The second kappa shape index (κ2) is 4.34. The van der Waals surface area contributed by atoms with Crippen LogP contribution < -0.4 is 0 Å². The van der Waals surface area contributed by atoms with E-state index in [1.54, 1.807) is 0 Å². The van der Waals surface area contributed by atoms with Crippen LogP contribution in [0.1, 0.15) is 19.3 Å². The van der Waals surface area contributed by atoms with Crippen LogP contribution in [0.4, 0.5) is 0 Å². The molecule has 2 aliphatic rings. The first-order chi connectivity index (χ1) is 7.62. The monoisotopic (exact) mass is 227 g/mol. The molecule has 0 aromatic heterocycles. The molecule has 1 saturated carbocycles. The molecular formula is C12H21NO3. The Morgan fingerprint density at radius 3 is 2.31 bits per heavy atom. The van der Waals surface area contributed by atoms with Crippen molar-refractivity contribution in [3.05, 3.63) is 0 Å². The summed E-state index contributed by atoms with van der Waals surface area (Å²) in [4.78, 5) is 14.1. The summed E-state index contributed by atoms with van der Waals surface area (Å²) in [7, 11) is 5.56. The van der Waals surface area contributed by atoms with Gasteiger partial charge in [-0.15, -0.1) is 0 Å². The van der Waals surface area contributed by atoms with Crippen molar-refractivity contribution in [2.75, 3.05) is 34.4 Å². The summed E-state index contributed by atoms with van der Waals surface area (Å²) in [5.74, 6) is 0.516. The lowest BCUT2D eigenvalue weighted by molar-refractivity contribution is -0.203. The lowest BCUT2D eigenvalue weighted by Gasteiger charge is -2.52. The van der Waals surface area contributed by atoms with Crippen molar-refractivity contribution in [1.82, 2.24) is 4.90 Å². The van der Waals surface area contributed by atoms with E-state index < -0.39 is 5.41 Å². The number of methoxy groups -OCH3 is 1. The molecule has 1 aliphatic carbocycles. The Balaban J connectivity index is 2.18. The van der Waals surface area contributed by atoms with Crippen molar-refractivity contribution in [2.24, 2.45) is 11.3 Å². The van der Waals surface area contributed by atoms with Crippen molar-refractivity contribution < 1.29 is 14.3 Å². The van der Waals surface area contributed by atoms with Crippen LogP contribution in [0.25, 0.3) is 0 Å². The van der Waals surface area contributed by atoms with E-state index in [2.05, 4.69) is 4.90 Å². The zero-order chi connectivity index (χ0) is 11.8. The van der Waals surface area contributed by atoms with Gasteiger partial charge in [0.1, 0.15) is 5.41 Å². The lowest BCUT2D eigenvalue weighted by atomic mass is 9.65. The molecule has 1 heterocycles. The molecule has 2 fully saturated rings.